The number of aliphatic hydroxyl groups excluding tert-OH is 1. The first-order valence-electron chi connectivity index (χ1n) is 8.64. The van der Waals surface area contributed by atoms with E-state index in [1.54, 1.807) is 0 Å². The molecule has 0 heterocycles. The van der Waals surface area contributed by atoms with Gasteiger partial charge >= 0.3 is 0 Å². The van der Waals surface area contributed by atoms with E-state index in [0.29, 0.717) is 0 Å². The van der Waals surface area contributed by atoms with Crippen molar-refractivity contribution >= 4 is 6.08 Å². The molecule has 0 bridgehead atoms. The molecule has 1 atom stereocenters. The molecule has 0 spiro atoms. The molecule has 0 aliphatic rings. The zero-order valence-corrected chi connectivity index (χ0v) is 15.8. The van der Waals surface area contributed by atoms with Crippen LogP contribution in [0.3, 0.4) is 0 Å². The molecule has 0 aromatic heterocycles. The van der Waals surface area contributed by atoms with Crippen molar-refractivity contribution in [1.29, 1.82) is 0 Å². The van der Waals surface area contributed by atoms with E-state index in [4.69, 9.17) is 0 Å². The van der Waals surface area contributed by atoms with Crippen molar-refractivity contribution in [3.8, 4) is 0 Å². The highest BCUT2D eigenvalue weighted by Crippen LogP contribution is 2.25. The normalized spacial score (nSPS) is 14.1. The summed E-state index contributed by atoms with van der Waals surface area (Å²) >= 11 is 0. The van der Waals surface area contributed by atoms with Crippen LogP contribution in [0.4, 0.5) is 0 Å². The fraction of sp³-hybridized carbons (Fsp3) is 0.391. The average Bonchev–Trinajstić information content (AvgIpc) is 2.51. The molecule has 0 fully saturated rings. The van der Waals surface area contributed by atoms with Crippen LogP contribution in [0.25, 0.3) is 6.08 Å². The lowest BCUT2D eigenvalue weighted by molar-refractivity contribution is 0.229. The Kier molecular flexibility index (Phi) is 5.35. The lowest BCUT2D eigenvalue weighted by Crippen LogP contribution is -2.10. The molecule has 2 rings (SSSR count). The van der Waals surface area contributed by atoms with E-state index in [9.17, 15) is 5.11 Å². The lowest BCUT2D eigenvalue weighted by Gasteiger charge is -2.19. The van der Waals surface area contributed by atoms with Gasteiger partial charge in [0.1, 0.15) is 0 Å². The molecule has 128 valence electrons. The van der Waals surface area contributed by atoms with Gasteiger partial charge in [-0.1, -0.05) is 102 Å². The summed E-state index contributed by atoms with van der Waals surface area (Å²) in [5.74, 6) is 0. The number of hydrogen-bond acceptors (Lipinski definition) is 1. The highest BCUT2D eigenvalue weighted by Gasteiger charge is 2.14. The maximum Gasteiger partial charge on any atom is 0.0975 e. The van der Waals surface area contributed by atoms with E-state index < -0.39 is 6.10 Å². The largest absolute Gasteiger partial charge is 0.384 e. The second-order valence-electron chi connectivity index (χ2n) is 8.55. The first-order chi connectivity index (χ1) is 11.1. The molecule has 0 saturated carbocycles. The summed E-state index contributed by atoms with van der Waals surface area (Å²) in [6.07, 6.45) is 3.24. The third-order valence-corrected chi connectivity index (χ3v) is 4.37. The standard InChI is InChI=1S/C23H30O/c1-22(2,3)19-12-7-17(8-13-19)9-16-21(24)18-10-14-20(15-11-18)23(4,5)6/h7-16,21,24H,1-6H3. The van der Waals surface area contributed by atoms with Crippen LogP contribution in [0, 0.1) is 0 Å². The van der Waals surface area contributed by atoms with Crippen LogP contribution in [0.1, 0.15) is 69.9 Å². The molecule has 0 aliphatic carbocycles. The molecule has 24 heavy (non-hydrogen) atoms. The van der Waals surface area contributed by atoms with Crippen molar-refractivity contribution in [3.05, 3.63) is 76.9 Å². The van der Waals surface area contributed by atoms with Crippen molar-refractivity contribution < 1.29 is 5.11 Å². The zero-order chi connectivity index (χ0) is 18.0. The van der Waals surface area contributed by atoms with E-state index in [1.165, 1.54) is 11.1 Å². The molecule has 2 aromatic rings. The molecule has 1 N–H and O–H groups in total. The Morgan fingerprint density at radius 3 is 1.54 bits per heavy atom. The van der Waals surface area contributed by atoms with Gasteiger partial charge in [-0.25, -0.2) is 0 Å². The van der Waals surface area contributed by atoms with Gasteiger partial charge in [-0.2, -0.15) is 0 Å². The van der Waals surface area contributed by atoms with Crippen molar-refractivity contribution in [1.82, 2.24) is 0 Å². The smallest absolute Gasteiger partial charge is 0.0975 e. The van der Waals surface area contributed by atoms with Gasteiger partial charge in [0, 0.05) is 0 Å². The van der Waals surface area contributed by atoms with Gasteiger partial charge in [0.2, 0.25) is 0 Å². The Morgan fingerprint density at radius 1 is 0.708 bits per heavy atom. The molecular formula is C23H30O. The Morgan fingerprint density at radius 2 is 1.12 bits per heavy atom. The highest BCUT2D eigenvalue weighted by atomic mass is 16.3. The van der Waals surface area contributed by atoms with Gasteiger partial charge in [0.05, 0.1) is 6.10 Å². The van der Waals surface area contributed by atoms with Crippen LogP contribution in [-0.4, -0.2) is 5.11 Å². The Hall–Kier alpha value is -1.86. The van der Waals surface area contributed by atoms with E-state index in [2.05, 4.69) is 77.9 Å². The van der Waals surface area contributed by atoms with Crippen LogP contribution in [0.15, 0.2) is 54.6 Å². The minimum atomic E-state index is -0.582. The predicted molar refractivity (Wildman–Crippen MR) is 104 cm³/mol. The third-order valence-electron chi connectivity index (χ3n) is 4.37. The molecule has 0 amide bonds. The van der Waals surface area contributed by atoms with Gasteiger partial charge in [0.25, 0.3) is 0 Å². The van der Waals surface area contributed by atoms with Crippen LogP contribution in [0.5, 0.6) is 0 Å². The van der Waals surface area contributed by atoms with Crippen molar-refractivity contribution in [2.45, 2.75) is 58.5 Å². The van der Waals surface area contributed by atoms with Gasteiger partial charge in [-0.05, 0) is 33.1 Å². The molecule has 1 heteroatoms. The first-order valence-corrected chi connectivity index (χ1v) is 8.64. The minimum absolute atomic E-state index is 0.133. The van der Waals surface area contributed by atoms with E-state index in [1.807, 2.05) is 24.3 Å². The van der Waals surface area contributed by atoms with Crippen molar-refractivity contribution in [2.24, 2.45) is 0 Å². The molecule has 1 nitrogen and oxygen atoms in total. The fourth-order valence-corrected chi connectivity index (χ4v) is 2.59. The van der Waals surface area contributed by atoms with E-state index in [0.717, 1.165) is 11.1 Å². The summed E-state index contributed by atoms with van der Waals surface area (Å²) < 4.78 is 0. The summed E-state index contributed by atoms with van der Waals surface area (Å²) in [6, 6.07) is 16.7. The van der Waals surface area contributed by atoms with Crippen LogP contribution < -0.4 is 0 Å². The highest BCUT2D eigenvalue weighted by molar-refractivity contribution is 5.51. The molecule has 0 aliphatic heterocycles. The first kappa shape index (κ1) is 18.5. The van der Waals surface area contributed by atoms with Crippen molar-refractivity contribution in [3.63, 3.8) is 0 Å². The van der Waals surface area contributed by atoms with E-state index in [-0.39, 0.29) is 10.8 Å². The molecule has 0 radical (unpaired) electrons. The maximum atomic E-state index is 10.4. The topological polar surface area (TPSA) is 20.2 Å². The number of aliphatic hydroxyl groups is 1. The Bertz CT molecular complexity index is 677. The van der Waals surface area contributed by atoms with Gasteiger partial charge in [-0.3, -0.25) is 0 Å². The zero-order valence-electron chi connectivity index (χ0n) is 15.8. The summed E-state index contributed by atoms with van der Waals surface area (Å²) in [5.41, 5.74) is 4.92. The van der Waals surface area contributed by atoms with Gasteiger partial charge in [0.15, 0.2) is 0 Å². The van der Waals surface area contributed by atoms with E-state index >= 15 is 0 Å². The maximum absolute atomic E-state index is 10.4. The summed E-state index contributed by atoms with van der Waals surface area (Å²) in [4.78, 5) is 0. The second kappa shape index (κ2) is 6.94. The minimum Gasteiger partial charge on any atom is -0.384 e. The molecular weight excluding hydrogens is 292 g/mol. The number of rotatable bonds is 3. The summed E-state index contributed by atoms with van der Waals surface area (Å²) in [6.45, 7) is 13.2. The van der Waals surface area contributed by atoms with Crippen LogP contribution in [-0.2, 0) is 10.8 Å². The van der Waals surface area contributed by atoms with Crippen LogP contribution >= 0.6 is 0 Å². The average molecular weight is 322 g/mol. The Balaban J connectivity index is 2.08. The molecule has 0 saturated heterocycles. The number of benzene rings is 2. The quantitative estimate of drug-likeness (QED) is 0.731. The monoisotopic (exact) mass is 322 g/mol. The lowest BCUT2D eigenvalue weighted by atomic mass is 9.86. The summed E-state index contributed by atoms with van der Waals surface area (Å²) in [7, 11) is 0. The Labute approximate surface area is 147 Å². The van der Waals surface area contributed by atoms with Crippen molar-refractivity contribution in [2.75, 3.05) is 0 Å². The fourth-order valence-electron chi connectivity index (χ4n) is 2.59. The van der Waals surface area contributed by atoms with Crippen LogP contribution in [0.2, 0.25) is 0 Å². The number of hydrogen-bond donors (Lipinski definition) is 1. The second-order valence-corrected chi connectivity index (χ2v) is 8.55. The predicted octanol–water partition coefficient (Wildman–Crippen LogP) is 6.03. The SMILES string of the molecule is CC(C)(C)c1ccc(C=CC(O)c2ccc(C(C)(C)C)cc2)cc1. The van der Waals surface area contributed by atoms with Gasteiger partial charge in [-0.15, -0.1) is 0 Å². The summed E-state index contributed by atoms with van der Waals surface area (Å²) in [5, 5.41) is 10.4. The van der Waals surface area contributed by atoms with Gasteiger partial charge < -0.3 is 5.11 Å². The molecule has 1 unspecified atom stereocenters. The third kappa shape index (κ3) is 4.82. The molecule has 2 aromatic carbocycles.